The molecule has 1 N–H and O–H groups in total. The average molecular weight is 242 g/mol. The summed E-state index contributed by atoms with van der Waals surface area (Å²) in [6, 6.07) is 0. The lowest BCUT2D eigenvalue weighted by atomic mass is 9.88. The first kappa shape index (κ1) is 13.3. The predicted molar refractivity (Wildman–Crippen MR) is 65.1 cm³/mol. The van der Waals surface area contributed by atoms with E-state index < -0.39 is 10.8 Å². The minimum absolute atomic E-state index is 0.0870. The lowest BCUT2D eigenvalue weighted by Gasteiger charge is -2.21. The van der Waals surface area contributed by atoms with Gasteiger partial charge < -0.3 is 5.11 Å². The molecule has 0 aromatic rings. The van der Waals surface area contributed by atoms with Crippen LogP contribution in [0.2, 0.25) is 0 Å². The molecule has 0 amide bonds. The van der Waals surface area contributed by atoms with Gasteiger partial charge in [0.25, 0.3) is 0 Å². The topological polar surface area (TPSA) is 54.4 Å². The molecule has 0 saturated heterocycles. The maximum absolute atomic E-state index is 11.5. The first-order valence-electron chi connectivity index (χ1n) is 5.39. The Bertz CT molecular complexity index is 353. The Balaban J connectivity index is 2.44. The standard InChI is InChI=1S/C12H18O3S/c1-12(2,9-13)6-3-4-11-8-10(14)5-7-16(11)15/h5,7-8,13H,3-4,6,9H2,1-2H3. The van der Waals surface area contributed by atoms with Gasteiger partial charge in [0.1, 0.15) is 0 Å². The normalized spacial score (nSPS) is 21.1. The number of carbonyl (C=O) groups is 1. The van der Waals surface area contributed by atoms with Gasteiger partial charge in [-0.1, -0.05) is 13.8 Å². The van der Waals surface area contributed by atoms with E-state index in [9.17, 15) is 9.00 Å². The molecule has 3 nitrogen and oxygen atoms in total. The monoisotopic (exact) mass is 242 g/mol. The minimum atomic E-state index is -1.13. The van der Waals surface area contributed by atoms with Gasteiger partial charge in [-0.2, -0.15) is 0 Å². The molecule has 0 saturated carbocycles. The van der Waals surface area contributed by atoms with Gasteiger partial charge in [-0.3, -0.25) is 9.00 Å². The number of rotatable bonds is 5. The molecule has 16 heavy (non-hydrogen) atoms. The molecule has 0 spiro atoms. The molecule has 0 radical (unpaired) electrons. The van der Waals surface area contributed by atoms with Crippen LogP contribution in [-0.2, 0) is 15.6 Å². The quantitative estimate of drug-likeness (QED) is 0.801. The third-order valence-corrected chi connectivity index (χ3v) is 3.84. The van der Waals surface area contributed by atoms with Crippen molar-refractivity contribution in [2.45, 2.75) is 33.1 Å². The summed E-state index contributed by atoms with van der Waals surface area (Å²) in [5.74, 6) is -0.0870. The van der Waals surface area contributed by atoms with E-state index in [2.05, 4.69) is 0 Å². The van der Waals surface area contributed by atoms with Gasteiger partial charge in [-0.15, -0.1) is 0 Å². The van der Waals surface area contributed by atoms with E-state index in [1.165, 1.54) is 17.6 Å². The fraction of sp³-hybridized carbons (Fsp3) is 0.583. The second-order valence-electron chi connectivity index (χ2n) is 4.79. The average Bonchev–Trinajstić information content (AvgIpc) is 2.23. The van der Waals surface area contributed by atoms with Crippen LogP contribution in [0.3, 0.4) is 0 Å². The van der Waals surface area contributed by atoms with Crippen LogP contribution in [0.25, 0.3) is 0 Å². The van der Waals surface area contributed by atoms with E-state index in [4.69, 9.17) is 5.11 Å². The molecule has 1 unspecified atom stereocenters. The largest absolute Gasteiger partial charge is 0.396 e. The zero-order chi connectivity index (χ0) is 12.2. The van der Waals surface area contributed by atoms with Gasteiger partial charge in [0.2, 0.25) is 0 Å². The Morgan fingerprint density at radius 1 is 1.44 bits per heavy atom. The molecular weight excluding hydrogens is 224 g/mol. The molecule has 0 aliphatic carbocycles. The highest BCUT2D eigenvalue weighted by atomic mass is 32.2. The molecule has 1 rings (SSSR count). The van der Waals surface area contributed by atoms with Crippen molar-refractivity contribution in [3.63, 3.8) is 0 Å². The van der Waals surface area contributed by atoms with Crippen LogP contribution in [0.15, 0.2) is 22.5 Å². The number of hydrogen-bond donors (Lipinski definition) is 1. The third kappa shape index (κ3) is 4.02. The summed E-state index contributed by atoms with van der Waals surface area (Å²) in [5.41, 5.74) is -0.101. The molecule has 0 bridgehead atoms. The minimum Gasteiger partial charge on any atom is -0.396 e. The Labute approximate surface area is 98.7 Å². The van der Waals surface area contributed by atoms with E-state index >= 15 is 0 Å². The van der Waals surface area contributed by atoms with Crippen LogP contribution in [0.4, 0.5) is 0 Å². The maximum atomic E-state index is 11.5. The summed E-state index contributed by atoms with van der Waals surface area (Å²) < 4.78 is 11.5. The van der Waals surface area contributed by atoms with Crippen molar-refractivity contribution in [2.24, 2.45) is 5.41 Å². The fourth-order valence-electron chi connectivity index (χ4n) is 1.47. The van der Waals surface area contributed by atoms with Crippen LogP contribution >= 0.6 is 0 Å². The summed E-state index contributed by atoms with van der Waals surface area (Å²) in [4.78, 5) is 11.8. The Morgan fingerprint density at radius 2 is 2.12 bits per heavy atom. The smallest absolute Gasteiger partial charge is 0.180 e. The molecule has 4 heteroatoms. The van der Waals surface area contributed by atoms with Crippen molar-refractivity contribution in [2.75, 3.05) is 6.61 Å². The van der Waals surface area contributed by atoms with Crippen LogP contribution in [0, 0.1) is 5.41 Å². The lowest BCUT2D eigenvalue weighted by Crippen LogP contribution is -2.16. The molecular formula is C12H18O3S. The van der Waals surface area contributed by atoms with E-state index in [1.54, 1.807) is 0 Å². The van der Waals surface area contributed by atoms with Crippen molar-refractivity contribution in [3.05, 3.63) is 22.5 Å². The van der Waals surface area contributed by atoms with E-state index in [1.807, 2.05) is 13.8 Å². The molecule has 1 atom stereocenters. The maximum Gasteiger partial charge on any atom is 0.180 e. The van der Waals surface area contributed by atoms with Gasteiger partial charge in [-0.05, 0) is 36.8 Å². The van der Waals surface area contributed by atoms with Gasteiger partial charge in [-0.25, -0.2) is 0 Å². The van der Waals surface area contributed by atoms with Crippen LogP contribution in [-0.4, -0.2) is 21.7 Å². The summed E-state index contributed by atoms with van der Waals surface area (Å²) in [5, 5.41) is 10.5. The van der Waals surface area contributed by atoms with E-state index in [-0.39, 0.29) is 17.8 Å². The molecule has 0 aromatic carbocycles. The molecule has 0 fully saturated rings. The summed E-state index contributed by atoms with van der Waals surface area (Å²) in [6.45, 7) is 4.13. The first-order valence-corrected chi connectivity index (χ1v) is 6.60. The summed E-state index contributed by atoms with van der Waals surface area (Å²) >= 11 is 0. The van der Waals surface area contributed by atoms with Crippen LogP contribution < -0.4 is 0 Å². The first-order chi connectivity index (χ1) is 7.44. The number of aliphatic hydroxyl groups excluding tert-OH is 1. The molecule has 90 valence electrons. The van der Waals surface area contributed by atoms with Crippen molar-refractivity contribution in [3.8, 4) is 0 Å². The second kappa shape index (κ2) is 5.55. The van der Waals surface area contributed by atoms with Crippen molar-refractivity contribution in [1.82, 2.24) is 0 Å². The summed E-state index contributed by atoms with van der Waals surface area (Å²) in [6.07, 6.45) is 5.16. The third-order valence-electron chi connectivity index (χ3n) is 2.62. The fourth-order valence-corrected chi connectivity index (χ4v) is 2.48. The Morgan fingerprint density at radius 3 is 2.75 bits per heavy atom. The SMILES string of the molecule is CC(C)(CO)CCCC1=CC(=O)C=CS1=O. The van der Waals surface area contributed by atoms with Crippen LogP contribution in [0.5, 0.6) is 0 Å². The van der Waals surface area contributed by atoms with Gasteiger partial charge >= 0.3 is 0 Å². The zero-order valence-electron chi connectivity index (χ0n) is 9.73. The number of carbonyl (C=O) groups excluding carboxylic acids is 1. The van der Waals surface area contributed by atoms with Crippen molar-refractivity contribution >= 4 is 16.6 Å². The zero-order valence-corrected chi connectivity index (χ0v) is 10.5. The van der Waals surface area contributed by atoms with Crippen molar-refractivity contribution < 1.29 is 14.1 Å². The second-order valence-corrected chi connectivity index (χ2v) is 6.18. The number of aliphatic hydroxyl groups is 1. The molecule has 1 aliphatic heterocycles. The lowest BCUT2D eigenvalue weighted by molar-refractivity contribution is -0.110. The van der Waals surface area contributed by atoms with Crippen LogP contribution in [0.1, 0.15) is 33.1 Å². The number of hydrogen-bond acceptors (Lipinski definition) is 3. The molecule has 1 aliphatic rings. The van der Waals surface area contributed by atoms with Gasteiger partial charge in [0, 0.05) is 16.9 Å². The Hall–Kier alpha value is -0.740. The summed E-state index contributed by atoms with van der Waals surface area (Å²) in [7, 11) is -1.13. The number of allylic oxidation sites excluding steroid dienone is 3. The Kier molecular flexibility index (Phi) is 4.62. The van der Waals surface area contributed by atoms with Gasteiger partial charge in [0.15, 0.2) is 5.78 Å². The molecule has 1 heterocycles. The van der Waals surface area contributed by atoms with E-state index in [0.29, 0.717) is 11.3 Å². The highest BCUT2D eigenvalue weighted by Gasteiger charge is 2.17. The predicted octanol–water partition coefficient (Wildman–Crippen LogP) is 1.90. The van der Waals surface area contributed by atoms with E-state index in [0.717, 1.165) is 12.8 Å². The molecule has 0 aromatic heterocycles. The highest BCUT2D eigenvalue weighted by molar-refractivity contribution is 7.92. The van der Waals surface area contributed by atoms with Crippen molar-refractivity contribution in [1.29, 1.82) is 0 Å². The highest BCUT2D eigenvalue weighted by Crippen LogP contribution is 2.25. The van der Waals surface area contributed by atoms with Gasteiger partial charge in [0.05, 0.1) is 10.8 Å². The number of ketones is 1.